The van der Waals surface area contributed by atoms with E-state index in [-0.39, 0.29) is 4.75 Å². The van der Waals surface area contributed by atoms with Crippen LogP contribution in [0, 0.1) is 18.3 Å². The first-order valence-electron chi connectivity index (χ1n) is 7.06. The summed E-state index contributed by atoms with van der Waals surface area (Å²) in [5.74, 6) is 0.789. The number of anilines is 1. The summed E-state index contributed by atoms with van der Waals surface area (Å²) in [6.45, 7) is 2.79. The molecule has 1 aliphatic carbocycles. The van der Waals surface area contributed by atoms with Gasteiger partial charge in [-0.05, 0) is 43.5 Å². The molecule has 0 saturated heterocycles. The highest BCUT2D eigenvalue weighted by Crippen LogP contribution is 2.51. The summed E-state index contributed by atoms with van der Waals surface area (Å²) in [4.78, 5) is 5.66. The molecule has 0 radical (unpaired) electrons. The molecule has 3 rings (SSSR count). The Morgan fingerprint density at radius 3 is 2.67 bits per heavy atom. The highest BCUT2D eigenvalue weighted by molar-refractivity contribution is 8.01. The minimum Gasteiger partial charge on any atom is -0.369 e. The van der Waals surface area contributed by atoms with E-state index in [1.54, 1.807) is 0 Å². The highest BCUT2D eigenvalue weighted by atomic mass is 32.2. The number of nitrogens with zero attached hydrogens (tertiary/aromatic N) is 2. The number of aryl methyl sites for hydroxylation is 1. The van der Waals surface area contributed by atoms with Crippen molar-refractivity contribution in [1.82, 2.24) is 4.98 Å². The molecule has 0 amide bonds. The van der Waals surface area contributed by atoms with E-state index in [0.29, 0.717) is 5.69 Å². The van der Waals surface area contributed by atoms with Crippen LogP contribution in [0.1, 0.15) is 24.1 Å². The SMILES string of the molecule is Cc1ccc(NCC2(Sc3ccccc3)CC2)nc1C#N. The van der Waals surface area contributed by atoms with Crippen molar-refractivity contribution in [1.29, 1.82) is 5.26 Å². The summed E-state index contributed by atoms with van der Waals surface area (Å²) in [5.41, 5.74) is 1.42. The van der Waals surface area contributed by atoms with Gasteiger partial charge in [0.1, 0.15) is 17.6 Å². The number of hydrogen-bond acceptors (Lipinski definition) is 4. The van der Waals surface area contributed by atoms with Crippen LogP contribution in [0.2, 0.25) is 0 Å². The van der Waals surface area contributed by atoms with Gasteiger partial charge in [0.25, 0.3) is 0 Å². The number of aromatic nitrogens is 1. The third-order valence-corrected chi connectivity index (χ3v) is 5.17. The molecule has 1 aromatic carbocycles. The largest absolute Gasteiger partial charge is 0.369 e. The number of hydrogen-bond donors (Lipinski definition) is 1. The van der Waals surface area contributed by atoms with E-state index in [1.807, 2.05) is 36.9 Å². The minimum absolute atomic E-state index is 0.278. The van der Waals surface area contributed by atoms with Crippen molar-refractivity contribution in [2.45, 2.75) is 29.4 Å². The topological polar surface area (TPSA) is 48.7 Å². The van der Waals surface area contributed by atoms with Crippen molar-refractivity contribution in [2.75, 3.05) is 11.9 Å². The van der Waals surface area contributed by atoms with Crippen molar-refractivity contribution < 1.29 is 0 Å². The van der Waals surface area contributed by atoms with Gasteiger partial charge in [0.15, 0.2) is 0 Å². The predicted octanol–water partition coefficient (Wildman–Crippen LogP) is 4.00. The summed E-state index contributed by atoms with van der Waals surface area (Å²) in [7, 11) is 0. The van der Waals surface area contributed by atoms with Crippen LogP contribution in [0.25, 0.3) is 0 Å². The number of nitrogens with one attached hydrogen (secondary N) is 1. The number of thioether (sulfide) groups is 1. The first kappa shape index (κ1) is 14.0. The van der Waals surface area contributed by atoms with Gasteiger partial charge in [0.2, 0.25) is 0 Å². The molecule has 3 nitrogen and oxygen atoms in total. The van der Waals surface area contributed by atoms with Crippen LogP contribution >= 0.6 is 11.8 Å². The predicted molar refractivity (Wildman–Crippen MR) is 86.4 cm³/mol. The number of nitriles is 1. The lowest BCUT2D eigenvalue weighted by Gasteiger charge is -2.16. The zero-order valence-electron chi connectivity index (χ0n) is 12.0. The smallest absolute Gasteiger partial charge is 0.145 e. The molecule has 1 saturated carbocycles. The number of benzene rings is 1. The van der Waals surface area contributed by atoms with Gasteiger partial charge in [-0.1, -0.05) is 24.3 Å². The molecule has 1 N–H and O–H groups in total. The van der Waals surface area contributed by atoms with Gasteiger partial charge in [-0.25, -0.2) is 4.98 Å². The van der Waals surface area contributed by atoms with E-state index in [4.69, 9.17) is 5.26 Å². The molecule has 106 valence electrons. The Morgan fingerprint density at radius 2 is 2.00 bits per heavy atom. The summed E-state index contributed by atoms with van der Waals surface area (Å²) in [5, 5.41) is 12.4. The summed E-state index contributed by atoms with van der Waals surface area (Å²) < 4.78 is 0.278. The Hall–Kier alpha value is -1.99. The lowest BCUT2D eigenvalue weighted by Crippen LogP contribution is -2.18. The van der Waals surface area contributed by atoms with Gasteiger partial charge >= 0.3 is 0 Å². The van der Waals surface area contributed by atoms with Crippen LogP contribution in [-0.4, -0.2) is 16.3 Å². The molecule has 4 heteroatoms. The molecule has 0 atom stereocenters. The van der Waals surface area contributed by atoms with E-state index >= 15 is 0 Å². The Bertz CT molecular complexity index is 672. The van der Waals surface area contributed by atoms with Gasteiger partial charge in [-0.2, -0.15) is 5.26 Å². The first-order chi connectivity index (χ1) is 10.2. The third kappa shape index (κ3) is 3.37. The van der Waals surface area contributed by atoms with Crippen LogP contribution < -0.4 is 5.32 Å². The highest BCUT2D eigenvalue weighted by Gasteiger charge is 2.43. The maximum atomic E-state index is 9.03. The quantitative estimate of drug-likeness (QED) is 0.906. The van der Waals surface area contributed by atoms with E-state index < -0.39 is 0 Å². The summed E-state index contributed by atoms with van der Waals surface area (Å²) in [6.07, 6.45) is 2.44. The molecule has 2 aromatic rings. The van der Waals surface area contributed by atoms with Gasteiger partial charge in [-0.3, -0.25) is 0 Å². The van der Waals surface area contributed by atoms with Gasteiger partial charge < -0.3 is 5.32 Å². The molecular weight excluding hydrogens is 278 g/mol. The Labute approximate surface area is 129 Å². The maximum Gasteiger partial charge on any atom is 0.145 e. The summed E-state index contributed by atoms with van der Waals surface area (Å²) in [6, 6.07) is 16.5. The van der Waals surface area contributed by atoms with E-state index in [2.05, 4.69) is 40.6 Å². The van der Waals surface area contributed by atoms with Crippen molar-refractivity contribution in [2.24, 2.45) is 0 Å². The minimum atomic E-state index is 0.278. The first-order valence-corrected chi connectivity index (χ1v) is 7.88. The van der Waals surface area contributed by atoms with Crippen molar-refractivity contribution in [3.8, 4) is 6.07 Å². The second-order valence-corrected chi connectivity index (χ2v) is 6.97. The Morgan fingerprint density at radius 1 is 1.24 bits per heavy atom. The zero-order chi connectivity index (χ0) is 14.7. The second kappa shape index (κ2) is 5.79. The standard InChI is InChI=1S/C17H17N3S/c1-13-7-8-16(20-15(13)11-18)19-12-17(9-10-17)21-14-5-3-2-4-6-14/h2-8H,9-10,12H2,1H3,(H,19,20). The van der Waals surface area contributed by atoms with E-state index in [9.17, 15) is 0 Å². The number of pyridine rings is 1. The van der Waals surface area contributed by atoms with Crippen LogP contribution in [0.3, 0.4) is 0 Å². The lowest BCUT2D eigenvalue weighted by molar-refractivity contribution is 0.934. The second-order valence-electron chi connectivity index (χ2n) is 5.43. The van der Waals surface area contributed by atoms with Crippen molar-refractivity contribution >= 4 is 17.6 Å². The monoisotopic (exact) mass is 295 g/mol. The van der Waals surface area contributed by atoms with Gasteiger partial charge in [-0.15, -0.1) is 11.8 Å². The van der Waals surface area contributed by atoms with E-state index in [1.165, 1.54) is 17.7 Å². The fourth-order valence-electron chi connectivity index (χ4n) is 2.18. The molecule has 1 heterocycles. The molecule has 0 bridgehead atoms. The molecule has 0 spiro atoms. The van der Waals surface area contributed by atoms with Crippen molar-refractivity contribution in [3.63, 3.8) is 0 Å². The fourth-order valence-corrected chi connectivity index (χ4v) is 3.43. The molecule has 21 heavy (non-hydrogen) atoms. The average molecular weight is 295 g/mol. The molecule has 1 aromatic heterocycles. The van der Waals surface area contributed by atoms with Crippen molar-refractivity contribution in [3.05, 3.63) is 53.7 Å². The van der Waals surface area contributed by atoms with Gasteiger partial charge in [0.05, 0.1) is 0 Å². The van der Waals surface area contributed by atoms with Crippen LogP contribution in [0.4, 0.5) is 5.82 Å². The summed E-state index contributed by atoms with van der Waals surface area (Å²) >= 11 is 1.93. The van der Waals surface area contributed by atoms with E-state index in [0.717, 1.165) is 17.9 Å². The fraction of sp³-hybridized carbons (Fsp3) is 0.294. The zero-order valence-corrected chi connectivity index (χ0v) is 12.8. The van der Waals surface area contributed by atoms with Crippen LogP contribution in [0.15, 0.2) is 47.4 Å². The Balaban J connectivity index is 1.64. The van der Waals surface area contributed by atoms with Crippen LogP contribution in [-0.2, 0) is 0 Å². The average Bonchev–Trinajstić information content (AvgIpc) is 3.27. The molecule has 0 unspecified atom stereocenters. The molecule has 1 aliphatic rings. The number of rotatable bonds is 5. The lowest BCUT2D eigenvalue weighted by atomic mass is 10.2. The molecular formula is C17H17N3S. The molecule has 0 aliphatic heterocycles. The maximum absolute atomic E-state index is 9.03. The normalized spacial score (nSPS) is 15.2. The third-order valence-electron chi connectivity index (χ3n) is 3.68. The molecule has 1 fully saturated rings. The van der Waals surface area contributed by atoms with Gasteiger partial charge in [0, 0.05) is 16.2 Å². The Kier molecular flexibility index (Phi) is 3.85. The van der Waals surface area contributed by atoms with Crippen LogP contribution in [0.5, 0.6) is 0 Å².